The van der Waals surface area contributed by atoms with Crippen LogP contribution in [0, 0.1) is 0 Å². The van der Waals surface area contributed by atoms with Crippen molar-refractivity contribution in [3.8, 4) is 5.75 Å². The molecule has 2 heterocycles. The summed E-state index contributed by atoms with van der Waals surface area (Å²) in [6, 6.07) is 0. The van der Waals surface area contributed by atoms with Crippen LogP contribution in [0.1, 0.15) is 6.23 Å². The Morgan fingerprint density at radius 1 is 1.50 bits per heavy atom. The molecule has 0 spiro atoms. The Labute approximate surface area is 121 Å². The average Bonchev–Trinajstić information content (AvgIpc) is 2.74. The molecule has 1 fully saturated rings. The van der Waals surface area contributed by atoms with Gasteiger partial charge < -0.3 is 24.8 Å². The second-order valence-corrected chi connectivity index (χ2v) is 4.53. The van der Waals surface area contributed by atoms with Crippen LogP contribution in [0.25, 0.3) is 0 Å². The number of nitrogens with one attached hydrogen (secondary N) is 1. The lowest BCUT2D eigenvalue weighted by Gasteiger charge is -2.16. The van der Waals surface area contributed by atoms with Crippen LogP contribution in [0.3, 0.4) is 0 Å². The molecule has 1 aromatic rings. The highest BCUT2D eigenvalue weighted by Gasteiger charge is 2.45. The maximum atomic E-state index is 14.0. The fourth-order valence-electron chi connectivity index (χ4n) is 1.98. The van der Waals surface area contributed by atoms with Gasteiger partial charge in [-0.1, -0.05) is 0 Å². The summed E-state index contributed by atoms with van der Waals surface area (Å²) < 4.78 is 24.3. The highest BCUT2D eigenvalue weighted by atomic mass is 19.1. The number of H-pyrrole nitrogens is 1. The number of hydrogen-bond acceptors (Lipinski definition) is 7. The smallest absolute Gasteiger partial charge is 0.341 e. The molecule has 1 unspecified atom stereocenters. The zero-order valence-corrected chi connectivity index (χ0v) is 11.0. The molecule has 2 rings (SSSR count). The van der Waals surface area contributed by atoms with Gasteiger partial charge in [-0.15, -0.1) is 0 Å². The summed E-state index contributed by atoms with van der Waals surface area (Å²) in [5.41, 5.74) is -2.03. The van der Waals surface area contributed by atoms with E-state index >= 15 is 0 Å². The third-order valence-electron chi connectivity index (χ3n) is 3.03. The van der Waals surface area contributed by atoms with E-state index in [1.807, 2.05) is 4.98 Å². The molecule has 4 atom stereocenters. The Morgan fingerprint density at radius 3 is 2.73 bits per heavy atom. The molecule has 1 saturated heterocycles. The van der Waals surface area contributed by atoms with Gasteiger partial charge in [0, 0.05) is 0 Å². The first-order valence-electron chi connectivity index (χ1n) is 6.13. The van der Waals surface area contributed by atoms with Crippen molar-refractivity contribution < 1.29 is 34.0 Å². The normalized spacial score (nSPS) is 27.8. The Bertz CT molecular complexity index is 671. The van der Waals surface area contributed by atoms with Crippen molar-refractivity contribution in [1.82, 2.24) is 9.55 Å². The molecular weight excluding hydrogens is 307 g/mol. The van der Waals surface area contributed by atoms with Crippen LogP contribution in [0.4, 0.5) is 4.39 Å². The molecule has 1 aromatic heterocycles. The minimum absolute atomic E-state index is 0.528. The second kappa shape index (κ2) is 6.25. The Balaban J connectivity index is 2.35. The van der Waals surface area contributed by atoms with Crippen LogP contribution in [0.5, 0.6) is 5.75 Å². The molecule has 10 nitrogen and oxygen atoms in total. The molecule has 1 aliphatic heterocycles. The zero-order chi connectivity index (χ0) is 16.4. The van der Waals surface area contributed by atoms with Crippen molar-refractivity contribution in [3.05, 3.63) is 27.0 Å². The number of aliphatic hydroxyl groups is 2. The van der Waals surface area contributed by atoms with E-state index in [1.165, 1.54) is 0 Å². The monoisotopic (exact) mass is 320 g/mol. The van der Waals surface area contributed by atoms with Gasteiger partial charge in [-0.2, -0.15) is 0 Å². The molecule has 0 radical (unpaired) electrons. The summed E-state index contributed by atoms with van der Waals surface area (Å²) in [4.78, 5) is 35.4. The summed E-state index contributed by atoms with van der Waals surface area (Å²) >= 11 is 0. The van der Waals surface area contributed by atoms with Gasteiger partial charge in [0.25, 0.3) is 5.56 Å². The predicted molar refractivity (Wildman–Crippen MR) is 66.4 cm³/mol. The number of carboxylic acids is 1. The van der Waals surface area contributed by atoms with E-state index in [0.717, 1.165) is 6.20 Å². The fourth-order valence-corrected chi connectivity index (χ4v) is 1.98. The predicted octanol–water partition coefficient (Wildman–Crippen LogP) is -2.41. The molecule has 22 heavy (non-hydrogen) atoms. The van der Waals surface area contributed by atoms with Gasteiger partial charge >= 0.3 is 11.7 Å². The molecule has 4 N–H and O–H groups in total. The largest absolute Gasteiger partial charge is 0.479 e. The zero-order valence-electron chi connectivity index (χ0n) is 11.0. The number of aliphatic carboxylic acids is 1. The van der Waals surface area contributed by atoms with Crippen molar-refractivity contribution in [2.24, 2.45) is 0 Å². The van der Waals surface area contributed by atoms with Gasteiger partial charge in [0.05, 0.1) is 12.8 Å². The van der Waals surface area contributed by atoms with Crippen LogP contribution in [0.15, 0.2) is 15.8 Å². The van der Waals surface area contributed by atoms with Gasteiger partial charge in [-0.25, -0.2) is 14.0 Å². The van der Waals surface area contributed by atoms with Crippen LogP contribution in [-0.4, -0.2) is 62.4 Å². The van der Waals surface area contributed by atoms with Crippen molar-refractivity contribution in [2.75, 3.05) is 13.2 Å². The number of aromatic amines is 1. The number of carbonyl (C=O) groups is 1. The van der Waals surface area contributed by atoms with E-state index < -0.39 is 60.8 Å². The molecule has 0 amide bonds. The molecule has 0 aromatic carbocycles. The molecule has 1 aliphatic rings. The Morgan fingerprint density at radius 2 is 2.18 bits per heavy atom. The second-order valence-electron chi connectivity index (χ2n) is 4.53. The van der Waals surface area contributed by atoms with Gasteiger partial charge in [0.1, 0.15) is 12.2 Å². The van der Waals surface area contributed by atoms with Gasteiger partial charge in [0.15, 0.2) is 19.0 Å². The average molecular weight is 320 g/mol. The fraction of sp³-hybridized carbons (Fsp3) is 0.545. The first-order valence-corrected chi connectivity index (χ1v) is 6.13. The summed E-state index contributed by atoms with van der Waals surface area (Å²) in [5.74, 6) is -1.88. The summed E-state index contributed by atoms with van der Waals surface area (Å²) in [6.45, 7) is -1.51. The van der Waals surface area contributed by atoms with Crippen molar-refractivity contribution in [3.63, 3.8) is 0 Å². The molecular formula is C11H13FN2O8. The highest BCUT2D eigenvalue weighted by molar-refractivity contribution is 5.68. The topological polar surface area (TPSA) is 151 Å². The highest BCUT2D eigenvalue weighted by Crippen LogP contribution is 2.30. The molecule has 0 saturated carbocycles. The van der Waals surface area contributed by atoms with E-state index in [-0.39, 0.29) is 0 Å². The number of nitrogens with zero attached hydrogens (tertiary/aromatic N) is 1. The first-order chi connectivity index (χ1) is 10.3. The third-order valence-corrected chi connectivity index (χ3v) is 3.03. The number of hydrogen-bond donors (Lipinski definition) is 4. The van der Waals surface area contributed by atoms with Crippen LogP contribution in [0.2, 0.25) is 0 Å². The number of aliphatic hydroxyl groups excluding tert-OH is 2. The van der Waals surface area contributed by atoms with Crippen molar-refractivity contribution in [2.45, 2.75) is 24.6 Å². The standard InChI is InChI=1S/C11H13FN2O8/c12-7-8(18)5(2-15)22-10(7)14-1-4(21-3-6(16)17)9(19)13-11(14)20/h1,5,7-8,10,15,18H,2-3H2,(H,16,17)(H,13,19,20)/t5-,7+,8?,10-/m1/s1. The Kier molecular flexibility index (Phi) is 4.59. The lowest BCUT2D eigenvalue weighted by Crippen LogP contribution is -2.36. The molecule has 0 bridgehead atoms. The van der Waals surface area contributed by atoms with Crippen molar-refractivity contribution >= 4 is 5.97 Å². The van der Waals surface area contributed by atoms with Crippen LogP contribution in [-0.2, 0) is 9.53 Å². The molecule has 11 heteroatoms. The SMILES string of the molecule is O=C(O)COc1cn([C@@H]2O[C@H](CO)C(O)[C@@H]2F)c(=O)[nH]c1=O. The number of alkyl halides is 1. The van der Waals surface area contributed by atoms with E-state index in [4.69, 9.17) is 14.9 Å². The third kappa shape index (κ3) is 3.00. The number of halogens is 1. The summed E-state index contributed by atoms with van der Waals surface area (Å²) in [7, 11) is 0. The number of aromatic nitrogens is 2. The number of carboxylic acid groups (broad SMARTS) is 1. The minimum Gasteiger partial charge on any atom is -0.479 e. The molecule has 0 aliphatic carbocycles. The lowest BCUT2D eigenvalue weighted by atomic mass is 10.1. The van der Waals surface area contributed by atoms with E-state index in [1.54, 1.807) is 0 Å². The van der Waals surface area contributed by atoms with Crippen LogP contribution < -0.4 is 16.0 Å². The van der Waals surface area contributed by atoms with Crippen LogP contribution >= 0.6 is 0 Å². The number of rotatable bonds is 5. The lowest BCUT2D eigenvalue weighted by molar-refractivity contribution is -0.139. The summed E-state index contributed by atoms with van der Waals surface area (Å²) in [6.07, 6.45) is -5.73. The quantitative estimate of drug-likeness (QED) is 0.468. The van der Waals surface area contributed by atoms with Gasteiger partial charge in [0.2, 0.25) is 5.75 Å². The summed E-state index contributed by atoms with van der Waals surface area (Å²) in [5, 5.41) is 27.0. The van der Waals surface area contributed by atoms with E-state index in [0.29, 0.717) is 4.57 Å². The van der Waals surface area contributed by atoms with Gasteiger partial charge in [-0.3, -0.25) is 14.3 Å². The first kappa shape index (κ1) is 16.1. The minimum atomic E-state index is -2.03. The van der Waals surface area contributed by atoms with E-state index in [2.05, 4.69) is 4.74 Å². The maximum absolute atomic E-state index is 14.0. The number of ether oxygens (including phenoxy) is 2. The van der Waals surface area contributed by atoms with E-state index in [9.17, 15) is 23.9 Å². The van der Waals surface area contributed by atoms with Gasteiger partial charge in [-0.05, 0) is 0 Å². The van der Waals surface area contributed by atoms with Crippen molar-refractivity contribution in [1.29, 1.82) is 0 Å². The Hall–Kier alpha value is -2.24. The maximum Gasteiger partial charge on any atom is 0.341 e. The molecule has 122 valence electrons.